The summed E-state index contributed by atoms with van der Waals surface area (Å²) in [5.74, 6) is 0. The summed E-state index contributed by atoms with van der Waals surface area (Å²) < 4.78 is 2.30. The van der Waals surface area contributed by atoms with Gasteiger partial charge < -0.3 is 20.7 Å². The Morgan fingerprint density at radius 1 is 1.04 bits per heavy atom. The number of hydrogen-bond acceptors (Lipinski definition) is 5. The van der Waals surface area contributed by atoms with Crippen LogP contribution in [0.15, 0.2) is 48.5 Å². The minimum Gasteiger partial charge on any atom is -0.396 e. The van der Waals surface area contributed by atoms with Crippen molar-refractivity contribution in [3.05, 3.63) is 65.2 Å². The van der Waals surface area contributed by atoms with Crippen molar-refractivity contribution < 1.29 is 0 Å². The monoisotopic (exact) mass is 340 g/mol. The second-order valence-electron chi connectivity index (χ2n) is 5.71. The predicted molar refractivity (Wildman–Crippen MR) is 106 cm³/mol. The summed E-state index contributed by atoms with van der Waals surface area (Å²) in [5, 5.41) is 6.71. The van der Waals surface area contributed by atoms with Crippen molar-refractivity contribution in [1.82, 2.24) is 10.6 Å². The van der Waals surface area contributed by atoms with Gasteiger partial charge >= 0.3 is 0 Å². The lowest BCUT2D eigenvalue weighted by Crippen LogP contribution is -2.28. The highest BCUT2D eigenvalue weighted by molar-refractivity contribution is 7.99. The van der Waals surface area contributed by atoms with E-state index in [9.17, 15) is 0 Å². The maximum absolute atomic E-state index is 6.63. The molecule has 1 heterocycles. The molecule has 1 aliphatic heterocycles. The van der Waals surface area contributed by atoms with Gasteiger partial charge in [0.25, 0.3) is 0 Å². The van der Waals surface area contributed by atoms with Crippen molar-refractivity contribution >= 4 is 29.0 Å². The molecular formula is C19H24N4S. The topological polar surface area (TPSA) is 53.3 Å². The van der Waals surface area contributed by atoms with Crippen molar-refractivity contribution in [2.75, 3.05) is 30.7 Å². The molecule has 0 saturated heterocycles. The lowest BCUT2D eigenvalue weighted by molar-refractivity contribution is 0.747. The Labute approximate surface area is 148 Å². The second-order valence-corrected chi connectivity index (χ2v) is 6.52. The molecule has 0 spiro atoms. The summed E-state index contributed by atoms with van der Waals surface area (Å²) in [5.41, 5.74) is 13.1. The number of rotatable bonds is 5. The summed E-state index contributed by atoms with van der Waals surface area (Å²) in [4.78, 5) is 0. The van der Waals surface area contributed by atoms with Gasteiger partial charge in [0.15, 0.2) is 0 Å². The van der Waals surface area contributed by atoms with Gasteiger partial charge in [-0.2, -0.15) is 0 Å². The molecule has 3 rings (SSSR count). The van der Waals surface area contributed by atoms with E-state index >= 15 is 0 Å². The number of likely N-dealkylation sites (N-methyl/N-ethyl adjacent to an activating group) is 1. The Bertz CT molecular complexity index is 742. The number of anilines is 1. The van der Waals surface area contributed by atoms with Gasteiger partial charge in [-0.15, -0.1) is 0 Å². The van der Waals surface area contributed by atoms with Crippen molar-refractivity contribution in [2.45, 2.75) is 6.54 Å². The fraction of sp³-hybridized carbons (Fsp3) is 0.263. The molecule has 2 aromatic rings. The fourth-order valence-corrected chi connectivity index (χ4v) is 3.63. The number of para-hydroxylation sites is 1. The average Bonchev–Trinajstić information content (AvgIpc) is 2.62. The highest BCUT2D eigenvalue weighted by Crippen LogP contribution is 2.36. The Balaban J connectivity index is 2.17. The summed E-state index contributed by atoms with van der Waals surface area (Å²) >= 11 is 1.72. The standard InChI is InChI=1S/C19H24N4S/c1-21-11-12-22-19-15-8-4-3-7-14(15)13-23(24-2)17-10-6-5-9-16(17)18(19)20/h3-10,21-22H,11-13,20H2,1-2H3/b19-18-. The number of benzene rings is 2. The van der Waals surface area contributed by atoms with Crippen LogP contribution in [0, 0.1) is 0 Å². The van der Waals surface area contributed by atoms with Crippen molar-refractivity contribution in [3.63, 3.8) is 0 Å². The largest absolute Gasteiger partial charge is 0.396 e. The van der Waals surface area contributed by atoms with Crippen LogP contribution < -0.4 is 20.7 Å². The minimum atomic E-state index is 0.799. The van der Waals surface area contributed by atoms with Crippen molar-refractivity contribution in [2.24, 2.45) is 5.73 Å². The van der Waals surface area contributed by atoms with E-state index in [-0.39, 0.29) is 0 Å². The molecule has 4 N–H and O–H groups in total. The molecular weight excluding hydrogens is 316 g/mol. The van der Waals surface area contributed by atoms with Crippen LogP contribution in [0.2, 0.25) is 0 Å². The predicted octanol–water partition coefficient (Wildman–Crippen LogP) is 2.88. The van der Waals surface area contributed by atoms with E-state index in [2.05, 4.69) is 63.7 Å². The third-order valence-electron chi connectivity index (χ3n) is 4.23. The molecule has 0 atom stereocenters. The number of nitrogens with zero attached hydrogens (tertiary/aromatic N) is 1. The van der Waals surface area contributed by atoms with E-state index in [1.165, 1.54) is 11.1 Å². The first-order valence-electron chi connectivity index (χ1n) is 8.13. The third-order valence-corrected chi connectivity index (χ3v) is 5.00. The molecule has 1 aliphatic rings. The maximum Gasteiger partial charge on any atom is 0.0658 e. The molecule has 0 fully saturated rings. The Morgan fingerprint density at radius 3 is 2.50 bits per heavy atom. The molecule has 24 heavy (non-hydrogen) atoms. The first-order chi connectivity index (χ1) is 11.8. The van der Waals surface area contributed by atoms with Crippen molar-refractivity contribution in [3.8, 4) is 0 Å². The summed E-state index contributed by atoms with van der Waals surface area (Å²) in [6.07, 6.45) is 2.10. The van der Waals surface area contributed by atoms with Gasteiger partial charge in [0.2, 0.25) is 0 Å². The number of hydrogen-bond donors (Lipinski definition) is 3. The van der Waals surface area contributed by atoms with E-state index in [0.29, 0.717) is 0 Å². The molecule has 2 aromatic carbocycles. The molecule has 0 bridgehead atoms. The van der Waals surface area contributed by atoms with Crippen LogP contribution in [0.3, 0.4) is 0 Å². The highest BCUT2D eigenvalue weighted by atomic mass is 32.2. The lowest BCUT2D eigenvalue weighted by atomic mass is 9.97. The van der Waals surface area contributed by atoms with Crippen LogP contribution in [0.1, 0.15) is 16.7 Å². The van der Waals surface area contributed by atoms with Crippen LogP contribution in [0.5, 0.6) is 0 Å². The number of fused-ring (bicyclic) bond motifs is 2. The van der Waals surface area contributed by atoms with Crippen LogP contribution in [0.25, 0.3) is 11.4 Å². The van der Waals surface area contributed by atoms with Gasteiger partial charge in [-0.25, -0.2) is 0 Å². The fourth-order valence-electron chi connectivity index (χ4n) is 3.01. The Morgan fingerprint density at radius 2 is 1.75 bits per heavy atom. The number of nitrogens with one attached hydrogen (secondary N) is 2. The molecule has 4 nitrogen and oxygen atoms in total. The smallest absolute Gasteiger partial charge is 0.0658 e. The second kappa shape index (κ2) is 7.64. The van der Waals surface area contributed by atoms with Crippen LogP contribution in [-0.2, 0) is 6.54 Å². The van der Waals surface area contributed by atoms with Gasteiger partial charge in [-0.1, -0.05) is 54.4 Å². The van der Waals surface area contributed by atoms with E-state index in [1.807, 2.05) is 13.1 Å². The molecule has 0 amide bonds. The molecule has 126 valence electrons. The SMILES string of the molecule is CNCCN/C1=C(\N)c2ccccc2N(SC)Cc2ccccc21. The van der Waals surface area contributed by atoms with Gasteiger partial charge in [0, 0.05) is 30.5 Å². The van der Waals surface area contributed by atoms with Gasteiger partial charge in [-0.3, -0.25) is 0 Å². The van der Waals surface area contributed by atoms with E-state index in [0.717, 1.165) is 42.3 Å². The first kappa shape index (κ1) is 16.7. The lowest BCUT2D eigenvalue weighted by Gasteiger charge is -2.30. The van der Waals surface area contributed by atoms with Gasteiger partial charge in [-0.05, 0) is 18.7 Å². The summed E-state index contributed by atoms with van der Waals surface area (Å²) in [7, 11) is 1.96. The molecule has 0 unspecified atom stereocenters. The zero-order chi connectivity index (χ0) is 16.9. The molecule has 0 aromatic heterocycles. The van der Waals surface area contributed by atoms with Crippen LogP contribution >= 0.6 is 11.9 Å². The molecule has 0 saturated carbocycles. The number of nitrogens with two attached hydrogens (primary N) is 1. The van der Waals surface area contributed by atoms with Crippen LogP contribution in [-0.4, -0.2) is 26.4 Å². The Hall–Kier alpha value is -2.11. The zero-order valence-corrected chi connectivity index (χ0v) is 15.0. The summed E-state index contributed by atoms with van der Waals surface area (Å²) in [6, 6.07) is 16.8. The highest BCUT2D eigenvalue weighted by Gasteiger charge is 2.21. The van der Waals surface area contributed by atoms with Crippen molar-refractivity contribution in [1.29, 1.82) is 0 Å². The molecule has 5 heteroatoms. The molecule has 0 aliphatic carbocycles. The molecule has 0 radical (unpaired) electrons. The van der Waals surface area contributed by atoms with Gasteiger partial charge in [0.05, 0.1) is 23.6 Å². The van der Waals surface area contributed by atoms with E-state index in [1.54, 1.807) is 11.9 Å². The quantitative estimate of drug-likeness (QED) is 0.577. The third kappa shape index (κ3) is 3.23. The maximum atomic E-state index is 6.63. The van der Waals surface area contributed by atoms with E-state index in [4.69, 9.17) is 5.73 Å². The van der Waals surface area contributed by atoms with Gasteiger partial charge in [0.1, 0.15) is 0 Å². The zero-order valence-electron chi connectivity index (χ0n) is 14.2. The Kier molecular flexibility index (Phi) is 5.33. The summed E-state index contributed by atoms with van der Waals surface area (Å²) in [6.45, 7) is 2.56. The van der Waals surface area contributed by atoms with E-state index < -0.39 is 0 Å². The van der Waals surface area contributed by atoms with Crippen LogP contribution in [0.4, 0.5) is 5.69 Å². The minimum absolute atomic E-state index is 0.799. The average molecular weight is 340 g/mol. The first-order valence-corrected chi connectivity index (χ1v) is 9.32. The normalized spacial score (nSPS) is 16.8.